The summed E-state index contributed by atoms with van der Waals surface area (Å²) in [6.45, 7) is 3.42. The second-order valence-electron chi connectivity index (χ2n) is 4.76. The maximum atomic E-state index is 13.4. The fourth-order valence-electron chi connectivity index (χ4n) is 1.97. The minimum atomic E-state index is -0.900. The van der Waals surface area contributed by atoms with Crippen LogP contribution in [0.25, 0.3) is 0 Å². The Balaban J connectivity index is 1.90. The third kappa shape index (κ3) is 3.42. The van der Waals surface area contributed by atoms with Crippen LogP contribution in [0.5, 0.6) is 5.75 Å². The lowest BCUT2D eigenvalue weighted by atomic mass is 10.2. The highest BCUT2D eigenvalue weighted by Gasteiger charge is 2.31. The van der Waals surface area contributed by atoms with Gasteiger partial charge in [0.2, 0.25) is 5.82 Å². The van der Waals surface area contributed by atoms with Crippen molar-refractivity contribution in [1.29, 1.82) is 0 Å². The molecule has 1 N–H and O–H groups in total. The van der Waals surface area contributed by atoms with Crippen molar-refractivity contribution in [3.8, 4) is 5.75 Å². The van der Waals surface area contributed by atoms with Gasteiger partial charge in [-0.3, -0.25) is 0 Å². The van der Waals surface area contributed by atoms with E-state index < -0.39 is 11.6 Å². The molecule has 1 aromatic carbocycles. The molecule has 0 amide bonds. The Morgan fingerprint density at radius 1 is 1.39 bits per heavy atom. The summed E-state index contributed by atoms with van der Waals surface area (Å²) < 4.78 is 31.8. The van der Waals surface area contributed by atoms with Gasteiger partial charge in [0, 0.05) is 6.04 Å². The summed E-state index contributed by atoms with van der Waals surface area (Å²) in [5.74, 6) is -1.15. The van der Waals surface area contributed by atoms with Gasteiger partial charge in [-0.05, 0) is 43.9 Å². The van der Waals surface area contributed by atoms with Crippen molar-refractivity contribution in [3.05, 3.63) is 29.8 Å². The number of hydrogen-bond donors (Lipinski definition) is 1. The fraction of sp³-hybridized carbons (Fsp3) is 0.571. The Kier molecular flexibility index (Phi) is 4.53. The van der Waals surface area contributed by atoms with Crippen molar-refractivity contribution >= 4 is 0 Å². The first-order chi connectivity index (χ1) is 8.72. The molecule has 1 atom stereocenters. The van der Waals surface area contributed by atoms with Gasteiger partial charge in [-0.1, -0.05) is 13.0 Å². The monoisotopic (exact) mass is 255 g/mol. The zero-order chi connectivity index (χ0) is 13.0. The van der Waals surface area contributed by atoms with Crippen molar-refractivity contribution in [3.63, 3.8) is 0 Å². The highest BCUT2D eigenvalue weighted by Crippen LogP contribution is 2.33. The van der Waals surface area contributed by atoms with E-state index in [9.17, 15) is 8.78 Å². The predicted octanol–water partition coefficient (Wildman–Crippen LogP) is 3.12. The molecule has 0 heterocycles. The van der Waals surface area contributed by atoms with E-state index in [1.54, 1.807) is 0 Å². The van der Waals surface area contributed by atoms with Crippen LogP contribution < -0.4 is 10.1 Å². The molecule has 1 fully saturated rings. The van der Waals surface area contributed by atoms with E-state index in [0.717, 1.165) is 19.0 Å². The van der Waals surface area contributed by atoms with Crippen LogP contribution in [0.3, 0.4) is 0 Å². The van der Waals surface area contributed by atoms with E-state index >= 15 is 0 Å². The summed E-state index contributed by atoms with van der Waals surface area (Å²) in [5, 5.41) is 3.39. The van der Waals surface area contributed by atoms with Gasteiger partial charge in [0.1, 0.15) is 6.61 Å². The molecule has 4 heteroatoms. The SMILES string of the molecule is CCCNC(COc1cccc(F)c1F)C1CC1. The smallest absolute Gasteiger partial charge is 0.200 e. The lowest BCUT2D eigenvalue weighted by Gasteiger charge is -2.18. The number of benzene rings is 1. The second-order valence-corrected chi connectivity index (χ2v) is 4.76. The van der Waals surface area contributed by atoms with Gasteiger partial charge >= 0.3 is 0 Å². The molecule has 0 aromatic heterocycles. The molecular formula is C14H19F2NO. The van der Waals surface area contributed by atoms with Crippen LogP contribution >= 0.6 is 0 Å². The Bertz CT molecular complexity index is 393. The molecule has 1 unspecified atom stereocenters. The first-order valence-electron chi connectivity index (χ1n) is 6.52. The van der Waals surface area contributed by atoms with Crippen LogP contribution in [-0.2, 0) is 0 Å². The van der Waals surface area contributed by atoms with Gasteiger partial charge in [0.25, 0.3) is 0 Å². The second kappa shape index (κ2) is 6.14. The maximum absolute atomic E-state index is 13.4. The molecule has 1 aromatic rings. The molecule has 1 saturated carbocycles. The Morgan fingerprint density at radius 3 is 2.83 bits per heavy atom. The number of ether oxygens (including phenoxy) is 1. The molecular weight excluding hydrogens is 236 g/mol. The molecule has 2 nitrogen and oxygen atoms in total. The summed E-state index contributed by atoms with van der Waals surface area (Å²) in [6, 6.07) is 4.25. The quantitative estimate of drug-likeness (QED) is 0.808. The van der Waals surface area contributed by atoms with E-state index in [4.69, 9.17) is 4.74 Å². The topological polar surface area (TPSA) is 21.3 Å². The van der Waals surface area contributed by atoms with Crippen molar-refractivity contribution in [2.24, 2.45) is 5.92 Å². The molecule has 1 aliphatic carbocycles. The molecule has 0 spiro atoms. The Labute approximate surface area is 106 Å². The zero-order valence-electron chi connectivity index (χ0n) is 10.6. The number of hydrogen-bond acceptors (Lipinski definition) is 2. The molecule has 18 heavy (non-hydrogen) atoms. The molecule has 100 valence electrons. The first kappa shape index (κ1) is 13.3. The standard InChI is InChI=1S/C14H19F2NO/c1-2-8-17-12(10-6-7-10)9-18-13-5-3-4-11(15)14(13)16/h3-5,10,12,17H,2,6-9H2,1H3. The van der Waals surface area contributed by atoms with Crippen LogP contribution in [0.1, 0.15) is 26.2 Å². The van der Waals surface area contributed by atoms with Gasteiger partial charge < -0.3 is 10.1 Å². The van der Waals surface area contributed by atoms with Crippen LogP contribution in [0.15, 0.2) is 18.2 Å². The van der Waals surface area contributed by atoms with Crippen molar-refractivity contribution < 1.29 is 13.5 Å². The number of rotatable bonds is 7. The van der Waals surface area contributed by atoms with Crippen molar-refractivity contribution in [1.82, 2.24) is 5.32 Å². The molecule has 0 radical (unpaired) electrons. The van der Waals surface area contributed by atoms with Crippen LogP contribution in [0.4, 0.5) is 8.78 Å². The molecule has 0 saturated heterocycles. The Hall–Kier alpha value is -1.16. The minimum absolute atomic E-state index is 0.000974. The maximum Gasteiger partial charge on any atom is 0.200 e. The van der Waals surface area contributed by atoms with Crippen molar-refractivity contribution in [2.45, 2.75) is 32.2 Å². The highest BCUT2D eigenvalue weighted by atomic mass is 19.2. The van der Waals surface area contributed by atoms with Crippen molar-refractivity contribution in [2.75, 3.05) is 13.2 Å². The lowest BCUT2D eigenvalue weighted by molar-refractivity contribution is 0.237. The number of nitrogens with one attached hydrogen (secondary N) is 1. The zero-order valence-corrected chi connectivity index (χ0v) is 10.6. The first-order valence-corrected chi connectivity index (χ1v) is 6.52. The average Bonchev–Trinajstić information content (AvgIpc) is 3.18. The molecule has 0 bridgehead atoms. The third-order valence-corrected chi connectivity index (χ3v) is 3.18. The summed E-state index contributed by atoms with van der Waals surface area (Å²) >= 11 is 0. The summed E-state index contributed by atoms with van der Waals surface area (Å²) in [4.78, 5) is 0. The molecule has 0 aliphatic heterocycles. The van der Waals surface area contributed by atoms with Gasteiger partial charge in [0.05, 0.1) is 0 Å². The molecule has 2 rings (SSSR count). The van der Waals surface area contributed by atoms with Crippen LogP contribution in [0, 0.1) is 17.6 Å². The van der Waals surface area contributed by atoms with E-state index in [1.165, 1.54) is 25.0 Å². The van der Waals surface area contributed by atoms with Gasteiger partial charge in [-0.2, -0.15) is 4.39 Å². The lowest BCUT2D eigenvalue weighted by Crippen LogP contribution is -2.37. The Morgan fingerprint density at radius 2 is 2.17 bits per heavy atom. The van der Waals surface area contributed by atoms with Gasteiger partial charge in [0.15, 0.2) is 11.6 Å². The van der Waals surface area contributed by atoms with E-state index in [-0.39, 0.29) is 11.8 Å². The minimum Gasteiger partial charge on any atom is -0.489 e. The van der Waals surface area contributed by atoms with E-state index in [1.807, 2.05) is 0 Å². The normalized spacial score (nSPS) is 16.6. The predicted molar refractivity (Wildman–Crippen MR) is 66.7 cm³/mol. The van der Waals surface area contributed by atoms with E-state index in [2.05, 4.69) is 12.2 Å². The summed E-state index contributed by atoms with van der Waals surface area (Å²) in [7, 11) is 0. The number of halogens is 2. The van der Waals surface area contributed by atoms with E-state index in [0.29, 0.717) is 12.5 Å². The summed E-state index contributed by atoms with van der Waals surface area (Å²) in [5.41, 5.74) is 0. The fourth-order valence-corrected chi connectivity index (χ4v) is 1.97. The average molecular weight is 255 g/mol. The highest BCUT2D eigenvalue weighted by molar-refractivity contribution is 5.25. The largest absolute Gasteiger partial charge is 0.489 e. The van der Waals surface area contributed by atoms with Gasteiger partial charge in [-0.15, -0.1) is 0 Å². The molecule has 1 aliphatic rings. The van der Waals surface area contributed by atoms with Crippen LogP contribution in [-0.4, -0.2) is 19.2 Å². The van der Waals surface area contributed by atoms with Gasteiger partial charge in [-0.25, -0.2) is 4.39 Å². The van der Waals surface area contributed by atoms with Crippen LogP contribution in [0.2, 0.25) is 0 Å². The third-order valence-electron chi connectivity index (χ3n) is 3.18. The summed E-state index contributed by atoms with van der Waals surface area (Å²) in [6.07, 6.45) is 3.43.